The van der Waals surface area contributed by atoms with Gasteiger partial charge in [-0.3, -0.25) is 4.99 Å². The number of aliphatic imine (C=N–C) groups is 1. The number of ether oxygens (including phenoxy) is 2. The highest BCUT2D eigenvalue weighted by atomic mass is 16.5. The number of hydrogen-bond donors (Lipinski definition) is 3. The Hall–Kier alpha value is -2.51. The van der Waals surface area contributed by atoms with Crippen LogP contribution in [0.1, 0.15) is 44.1 Å². The molecule has 0 aliphatic carbocycles. The second kappa shape index (κ2) is 11.6. The van der Waals surface area contributed by atoms with E-state index in [2.05, 4.69) is 15.6 Å². The van der Waals surface area contributed by atoms with Gasteiger partial charge in [-0.2, -0.15) is 0 Å². The average Bonchev–Trinajstić information content (AvgIpc) is 3.43. The van der Waals surface area contributed by atoms with Crippen LogP contribution in [0.2, 0.25) is 0 Å². The van der Waals surface area contributed by atoms with Crippen LogP contribution >= 0.6 is 0 Å². The Morgan fingerprint density at radius 1 is 1.23 bits per heavy atom. The summed E-state index contributed by atoms with van der Waals surface area (Å²) in [4.78, 5) is 4.58. The number of hydrogen-bond acceptors (Lipinski definition) is 5. The van der Waals surface area contributed by atoms with Crippen LogP contribution in [-0.2, 0) is 11.2 Å². The maximum absolute atomic E-state index is 10.6. The second-order valence-corrected chi connectivity index (χ2v) is 7.71. The lowest BCUT2D eigenvalue weighted by atomic mass is 10.1. The standard InChI is InChI=1S/C23H33N3O4/c1-17(2)30-20-9-7-18(8-10-20)22(27)16-26-23(25-15-21-6-4-14-29-21)24-12-11-19-5-3-13-28-19/h3,5,7-10,13,17,21-22,27H,4,6,11-12,14-16H2,1-2H3,(H2,24,25,26). The third-order valence-corrected chi connectivity index (χ3v) is 4.82. The lowest BCUT2D eigenvalue weighted by Crippen LogP contribution is -2.42. The van der Waals surface area contributed by atoms with Gasteiger partial charge in [0.05, 0.1) is 31.1 Å². The molecule has 2 heterocycles. The predicted molar refractivity (Wildman–Crippen MR) is 117 cm³/mol. The zero-order valence-electron chi connectivity index (χ0n) is 17.8. The quantitative estimate of drug-likeness (QED) is 0.408. The summed E-state index contributed by atoms with van der Waals surface area (Å²) < 4.78 is 16.7. The van der Waals surface area contributed by atoms with Crippen molar-refractivity contribution in [2.45, 2.75) is 51.4 Å². The monoisotopic (exact) mass is 415 g/mol. The van der Waals surface area contributed by atoms with Gasteiger partial charge in [-0.25, -0.2) is 0 Å². The molecule has 0 radical (unpaired) electrons. The molecule has 0 bridgehead atoms. The minimum Gasteiger partial charge on any atom is -0.491 e. The van der Waals surface area contributed by atoms with Crippen LogP contribution in [-0.4, -0.2) is 49.5 Å². The number of guanidine groups is 1. The summed E-state index contributed by atoms with van der Waals surface area (Å²) in [5.41, 5.74) is 0.809. The van der Waals surface area contributed by atoms with Gasteiger partial charge in [0, 0.05) is 26.1 Å². The molecule has 0 spiro atoms. The molecule has 1 fully saturated rings. The predicted octanol–water partition coefficient (Wildman–Crippen LogP) is 3.06. The lowest BCUT2D eigenvalue weighted by Gasteiger charge is -2.17. The van der Waals surface area contributed by atoms with Crippen LogP contribution in [0.25, 0.3) is 0 Å². The number of nitrogens with one attached hydrogen (secondary N) is 2. The summed E-state index contributed by atoms with van der Waals surface area (Å²) >= 11 is 0. The highest BCUT2D eigenvalue weighted by molar-refractivity contribution is 5.79. The van der Waals surface area contributed by atoms with Gasteiger partial charge in [-0.1, -0.05) is 12.1 Å². The Balaban J connectivity index is 1.54. The van der Waals surface area contributed by atoms with E-state index in [0.29, 0.717) is 19.0 Å². The molecule has 1 aliphatic heterocycles. The van der Waals surface area contributed by atoms with Crippen molar-refractivity contribution in [2.75, 3.05) is 26.2 Å². The third kappa shape index (κ3) is 7.39. The molecule has 3 N–H and O–H groups in total. The number of furan rings is 1. The van der Waals surface area contributed by atoms with E-state index in [-0.39, 0.29) is 18.8 Å². The van der Waals surface area contributed by atoms with Gasteiger partial charge in [0.15, 0.2) is 5.96 Å². The third-order valence-electron chi connectivity index (χ3n) is 4.82. The van der Waals surface area contributed by atoms with E-state index >= 15 is 0 Å². The Kier molecular flexibility index (Phi) is 8.59. The van der Waals surface area contributed by atoms with Gasteiger partial charge in [0.2, 0.25) is 0 Å². The smallest absolute Gasteiger partial charge is 0.191 e. The van der Waals surface area contributed by atoms with E-state index < -0.39 is 6.10 Å². The minimum absolute atomic E-state index is 0.120. The summed E-state index contributed by atoms with van der Waals surface area (Å²) in [6, 6.07) is 11.3. The fourth-order valence-electron chi connectivity index (χ4n) is 3.27. The molecule has 2 atom stereocenters. The minimum atomic E-state index is -0.690. The van der Waals surface area contributed by atoms with Gasteiger partial charge in [0.1, 0.15) is 11.5 Å². The van der Waals surface area contributed by atoms with Gasteiger partial charge in [0.25, 0.3) is 0 Å². The zero-order valence-corrected chi connectivity index (χ0v) is 17.8. The first-order chi connectivity index (χ1) is 14.6. The number of benzene rings is 1. The van der Waals surface area contributed by atoms with Crippen LogP contribution in [0, 0.1) is 0 Å². The fourth-order valence-corrected chi connectivity index (χ4v) is 3.27. The van der Waals surface area contributed by atoms with Gasteiger partial charge < -0.3 is 29.6 Å². The first kappa shape index (κ1) is 22.2. The molecule has 3 rings (SSSR count). The molecule has 1 aliphatic rings. The van der Waals surface area contributed by atoms with Gasteiger partial charge >= 0.3 is 0 Å². The maximum atomic E-state index is 10.6. The summed E-state index contributed by atoms with van der Waals surface area (Å²) in [5.74, 6) is 2.38. The molecule has 30 heavy (non-hydrogen) atoms. The van der Waals surface area contributed by atoms with Crippen molar-refractivity contribution in [3.8, 4) is 5.75 Å². The fraction of sp³-hybridized carbons (Fsp3) is 0.522. The molecule has 0 saturated carbocycles. The molecule has 2 unspecified atom stereocenters. The van der Waals surface area contributed by atoms with Crippen LogP contribution in [0.4, 0.5) is 0 Å². The van der Waals surface area contributed by atoms with E-state index in [9.17, 15) is 5.11 Å². The van der Waals surface area contributed by atoms with Gasteiger partial charge in [-0.15, -0.1) is 0 Å². The zero-order chi connectivity index (χ0) is 21.2. The van der Waals surface area contributed by atoms with E-state index in [1.165, 1.54) is 0 Å². The Labute approximate surface area is 178 Å². The molecule has 2 aromatic rings. The first-order valence-corrected chi connectivity index (χ1v) is 10.7. The molecule has 7 nitrogen and oxygen atoms in total. The van der Waals surface area contributed by atoms with Gasteiger partial charge in [-0.05, 0) is 56.5 Å². The molecular formula is C23H33N3O4. The van der Waals surface area contributed by atoms with Crippen molar-refractivity contribution in [3.05, 3.63) is 54.0 Å². The number of nitrogens with zero attached hydrogens (tertiary/aromatic N) is 1. The van der Waals surface area contributed by atoms with E-state index in [4.69, 9.17) is 13.9 Å². The van der Waals surface area contributed by atoms with Crippen LogP contribution in [0.5, 0.6) is 5.75 Å². The van der Waals surface area contributed by atoms with Crippen LogP contribution in [0.15, 0.2) is 52.1 Å². The first-order valence-electron chi connectivity index (χ1n) is 10.7. The summed E-state index contributed by atoms with van der Waals surface area (Å²) in [6.45, 7) is 6.43. The maximum Gasteiger partial charge on any atom is 0.191 e. The Morgan fingerprint density at radius 2 is 2.07 bits per heavy atom. The molecule has 0 amide bonds. The van der Waals surface area contributed by atoms with Crippen LogP contribution in [0.3, 0.4) is 0 Å². The number of aliphatic hydroxyl groups is 1. The highest BCUT2D eigenvalue weighted by Crippen LogP contribution is 2.19. The highest BCUT2D eigenvalue weighted by Gasteiger charge is 2.16. The van der Waals surface area contributed by atoms with E-state index in [0.717, 1.165) is 42.9 Å². The summed E-state index contributed by atoms with van der Waals surface area (Å²) in [6.07, 6.45) is 4.22. The molecular weight excluding hydrogens is 382 g/mol. The van der Waals surface area contributed by atoms with Crippen molar-refractivity contribution < 1.29 is 19.0 Å². The SMILES string of the molecule is CC(C)Oc1ccc(C(O)CN=C(NCCc2ccco2)NCC2CCCO2)cc1. The summed E-state index contributed by atoms with van der Waals surface area (Å²) in [7, 11) is 0. The summed E-state index contributed by atoms with van der Waals surface area (Å²) in [5, 5.41) is 17.2. The lowest BCUT2D eigenvalue weighted by molar-refractivity contribution is 0.113. The van der Waals surface area contributed by atoms with Crippen molar-refractivity contribution in [3.63, 3.8) is 0 Å². The molecule has 1 saturated heterocycles. The van der Waals surface area contributed by atoms with E-state index in [1.807, 2.05) is 50.2 Å². The average molecular weight is 416 g/mol. The Morgan fingerprint density at radius 3 is 2.73 bits per heavy atom. The second-order valence-electron chi connectivity index (χ2n) is 7.71. The van der Waals surface area contributed by atoms with Crippen molar-refractivity contribution >= 4 is 5.96 Å². The largest absolute Gasteiger partial charge is 0.491 e. The number of aliphatic hydroxyl groups excluding tert-OH is 1. The van der Waals surface area contributed by atoms with E-state index in [1.54, 1.807) is 6.26 Å². The molecule has 1 aromatic carbocycles. The number of rotatable bonds is 10. The van der Waals surface area contributed by atoms with Crippen molar-refractivity contribution in [1.82, 2.24) is 10.6 Å². The van der Waals surface area contributed by atoms with Crippen molar-refractivity contribution in [2.24, 2.45) is 4.99 Å². The topological polar surface area (TPSA) is 88.3 Å². The molecule has 7 heteroatoms. The van der Waals surface area contributed by atoms with Crippen LogP contribution < -0.4 is 15.4 Å². The molecule has 164 valence electrons. The Bertz CT molecular complexity index is 753. The van der Waals surface area contributed by atoms with Crippen molar-refractivity contribution in [1.29, 1.82) is 0 Å². The molecule has 1 aromatic heterocycles. The normalized spacial score (nSPS) is 17.9.